The highest BCUT2D eigenvalue weighted by Crippen LogP contribution is 2.39. The van der Waals surface area contributed by atoms with Crippen molar-refractivity contribution in [1.82, 2.24) is 5.32 Å². The zero-order chi connectivity index (χ0) is 56.4. The largest absolute Gasteiger partial charge is 0.462 e. The van der Waals surface area contributed by atoms with E-state index in [1.165, 1.54) is 13.0 Å². The Bertz CT molecular complexity index is 1980. The molecule has 24 atom stereocenters. The van der Waals surface area contributed by atoms with E-state index in [0.717, 1.165) is 0 Å². The second-order valence-electron chi connectivity index (χ2n) is 20.7. The van der Waals surface area contributed by atoms with E-state index in [1.807, 2.05) is 13.0 Å². The Morgan fingerprint density at radius 1 is 0.658 bits per heavy atom. The van der Waals surface area contributed by atoms with Gasteiger partial charge >= 0.3 is 5.97 Å². The van der Waals surface area contributed by atoms with E-state index in [1.54, 1.807) is 93.7 Å². The minimum Gasteiger partial charge on any atom is -0.462 e. The first-order chi connectivity index (χ1) is 35.9. The number of nitrogens with one attached hydrogen (secondary N) is 1. The molecule has 432 valence electrons. The van der Waals surface area contributed by atoms with E-state index >= 15 is 0 Å². The first kappa shape index (κ1) is 64.9. The lowest BCUT2D eigenvalue weighted by atomic mass is 9.81. The van der Waals surface area contributed by atoms with Gasteiger partial charge in [-0.25, -0.2) is 0 Å². The fourth-order valence-corrected chi connectivity index (χ4v) is 9.69. The molecule has 16 N–H and O–H groups in total. The fraction of sp³-hybridized carbons (Fsp3) is 0.704. The molecule has 3 fully saturated rings. The van der Waals surface area contributed by atoms with Gasteiger partial charge in [-0.05, 0) is 39.5 Å². The van der Waals surface area contributed by atoms with Crippen molar-refractivity contribution in [2.75, 3.05) is 0 Å². The maximum absolute atomic E-state index is 14.3. The van der Waals surface area contributed by atoms with Gasteiger partial charge in [0, 0.05) is 37.5 Å². The van der Waals surface area contributed by atoms with Crippen LogP contribution in [-0.4, -0.2) is 206 Å². The molecule has 4 rings (SSSR count). The first-order valence-electron chi connectivity index (χ1n) is 26.3. The number of aliphatic hydroxyl groups excluding tert-OH is 12. The van der Waals surface area contributed by atoms with Crippen LogP contribution in [0.15, 0.2) is 85.1 Å². The molecule has 0 radical (unpaired) electrons. The summed E-state index contributed by atoms with van der Waals surface area (Å²) in [5, 5.41) is 145. The van der Waals surface area contributed by atoms with Crippen LogP contribution < -0.4 is 11.1 Å². The Kier molecular flexibility index (Phi) is 26.7. The Labute approximate surface area is 444 Å². The standard InChI is InChI=1S/C54H86N2O20/c1-6-40-48(66)50(68)45(52(70)75-40)56-51(69)43-39(62)28-54(71)27-35(59)24-38(61)37(60)22-21-33(57)23-34(58)25-42(63)72-31(4)30(3)46(64)29(2)19-17-15-13-11-9-7-8-10-12-14-16-18-20-36(26-41(43)76-54)74-53-49(67)44(55)47(65)32(5)73-53/h7-20,29-41,43-50,52-53,57-62,64-68,70-71H,6,21-28,55H2,1-5H3,(H,56,69)/b8-7+,11-9+,12-10+,15-13+,16-14+,19-17+,20-18+/t29-,30?,31-,32+,33+,34+,35-,36-,37+,38+,39-,40+,41?,43?,44-,45+,46+,47+,48-,49-,50+,52?,53?,54+/m0/s1. The van der Waals surface area contributed by atoms with Crippen molar-refractivity contribution in [3.8, 4) is 0 Å². The minimum absolute atomic E-state index is 0.143. The number of cyclic esters (lactones) is 1. The van der Waals surface area contributed by atoms with Crippen molar-refractivity contribution in [3.63, 3.8) is 0 Å². The van der Waals surface area contributed by atoms with E-state index in [-0.39, 0.29) is 31.6 Å². The number of carbonyl (C=O) groups excluding carboxylic acids is 2. The van der Waals surface area contributed by atoms with E-state index in [9.17, 15) is 76.0 Å². The molecule has 1 amide bonds. The molecule has 0 saturated carbocycles. The summed E-state index contributed by atoms with van der Waals surface area (Å²) in [7, 11) is 0. The highest BCUT2D eigenvalue weighted by Gasteiger charge is 2.53. The van der Waals surface area contributed by atoms with E-state index in [0.29, 0.717) is 0 Å². The van der Waals surface area contributed by atoms with Crippen LogP contribution in [0.5, 0.6) is 0 Å². The molecule has 4 aliphatic heterocycles. The second kappa shape index (κ2) is 31.3. The molecule has 0 aromatic rings. The molecule has 4 aliphatic rings. The molecular formula is C54H86N2O20. The average Bonchev–Trinajstić information content (AvgIpc) is 3.34. The van der Waals surface area contributed by atoms with E-state index < -0.39 is 184 Å². The van der Waals surface area contributed by atoms with Crippen LogP contribution in [0, 0.1) is 17.8 Å². The number of rotatable bonds is 5. The van der Waals surface area contributed by atoms with Gasteiger partial charge in [-0.2, -0.15) is 0 Å². The molecule has 22 heteroatoms. The van der Waals surface area contributed by atoms with Crippen LogP contribution in [-0.2, 0) is 33.3 Å². The third kappa shape index (κ3) is 19.6. The summed E-state index contributed by atoms with van der Waals surface area (Å²) in [6, 6.07) is -2.80. The topological polar surface area (TPSA) is 381 Å². The molecule has 4 heterocycles. The number of esters is 1. The summed E-state index contributed by atoms with van der Waals surface area (Å²) >= 11 is 0. The van der Waals surface area contributed by atoms with Crippen molar-refractivity contribution >= 4 is 11.9 Å². The predicted molar refractivity (Wildman–Crippen MR) is 274 cm³/mol. The van der Waals surface area contributed by atoms with Crippen molar-refractivity contribution in [1.29, 1.82) is 0 Å². The maximum atomic E-state index is 14.3. The molecule has 3 saturated heterocycles. The molecule has 0 aromatic carbocycles. The second-order valence-corrected chi connectivity index (χ2v) is 20.7. The van der Waals surface area contributed by atoms with Gasteiger partial charge in [0.15, 0.2) is 18.4 Å². The summed E-state index contributed by atoms with van der Waals surface area (Å²) in [4.78, 5) is 27.0. The normalized spacial score (nSPS) is 46.7. The van der Waals surface area contributed by atoms with Gasteiger partial charge in [-0.1, -0.05) is 106 Å². The van der Waals surface area contributed by atoms with Gasteiger partial charge in [-0.3, -0.25) is 9.59 Å². The number of hydrogen-bond acceptors (Lipinski definition) is 21. The van der Waals surface area contributed by atoms with E-state index in [4.69, 9.17) is 29.4 Å². The Morgan fingerprint density at radius 2 is 1.25 bits per heavy atom. The van der Waals surface area contributed by atoms with Crippen LogP contribution >= 0.6 is 0 Å². The zero-order valence-electron chi connectivity index (χ0n) is 44.0. The number of aliphatic hydroxyl groups is 13. The van der Waals surface area contributed by atoms with Gasteiger partial charge < -0.3 is 101 Å². The first-order valence-corrected chi connectivity index (χ1v) is 26.3. The van der Waals surface area contributed by atoms with Crippen molar-refractivity contribution in [3.05, 3.63) is 85.1 Å². The monoisotopic (exact) mass is 1080 g/mol. The summed E-state index contributed by atoms with van der Waals surface area (Å²) in [5.74, 6) is -6.60. The SMILES string of the molecule is CC[C@H]1OC(O)[C@H](NC(=O)C2C3C[C@@H](OC4O[C@H](C)[C@@H](O)[C@H](N)[C@@H]4O)/C=C/C=C/C=C/C=C/C=C/C=C/C=C/[C@H](C)[C@@H](O)C(C)[C@H](C)OC(=O)C[C@H](O)C[C@H](O)CC[C@@H](O)[C@H](O)C[C@H](O)C[C@](O)(C[C@@H]2O)O3)[C@@H](O)[C@H]1O. The molecule has 22 nitrogen and oxygen atoms in total. The molecular weight excluding hydrogens is 997 g/mol. The van der Waals surface area contributed by atoms with Gasteiger partial charge in [0.05, 0.1) is 91.6 Å². The molecule has 5 unspecified atom stereocenters. The number of fused-ring (bicyclic) bond motifs is 2. The fourth-order valence-electron chi connectivity index (χ4n) is 9.69. The molecule has 2 bridgehead atoms. The Balaban J connectivity index is 1.65. The highest BCUT2D eigenvalue weighted by atomic mass is 16.7. The molecule has 76 heavy (non-hydrogen) atoms. The molecule has 0 aromatic heterocycles. The van der Waals surface area contributed by atoms with Crippen molar-refractivity contribution < 1.29 is 99.7 Å². The quantitative estimate of drug-likeness (QED) is 0.146. The third-order valence-corrected chi connectivity index (χ3v) is 14.5. The van der Waals surface area contributed by atoms with Crippen LogP contribution in [0.3, 0.4) is 0 Å². The van der Waals surface area contributed by atoms with Gasteiger partial charge in [0.1, 0.15) is 30.5 Å². The van der Waals surface area contributed by atoms with Gasteiger partial charge in [-0.15, -0.1) is 0 Å². The zero-order valence-corrected chi connectivity index (χ0v) is 44.0. The summed E-state index contributed by atoms with van der Waals surface area (Å²) in [6.07, 6.45) is -3.78. The number of allylic oxidation sites excluding steroid dienone is 12. The summed E-state index contributed by atoms with van der Waals surface area (Å²) in [6.45, 7) is 8.36. The Morgan fingerprint density at radius 3 is 1.86 bits per heavy atom. The number of carbonyl (C=O) groups is 2. The number of hydrogen-bond donors (Lipinski definition) is 15. The number of amides is 1. The molecule has 0 aliphatic carbocycles. The van der Waals surface area contributed by atoms with Gasteiger partial charge in [0.25, 0.3) is 0 Å². The number of nitrogens with two attached hydrogens (primary N) is 1. The Hall–Kier alpha value is -3.60. The van der Waals surface area contributed by atoms with Crippen LogP contribution in [0.1, 0.15) is 92.4 Å². The van der Waals surface area contributed by atoms with Crippen LogP contribution in [0.2, 0.25) is 0 Å². The summed E-state index contributed by atoms with van der Waals surface area (Å²) in [5.41, 5.74) is 6.11. The van der Waals surface area contributed by atoms with Crippen LogP contribution in [0.4, 0.5) is 0 Å². The predicted octanol–water partition coefficient (Wildman–Crippen LogP) is -1.04. The number of ether oxygens (including phenoxy) is 5. The van der Waals surface area contributed by atoms with Gasteiger partial charge in [0.2, 0.25) is 5.91 Å². The molecule has 0 spiro atoms. The lowest BCUT2D eigenvalue weighted by Crippen LogP contribution is -2.66. The lowest BCUT2D eigenvalue weighted by Gasteiger charge is -2.47. The smallest absolute Gasteiger partial charge is 0.308 e. The highest BCUT2D eigenvalue weighted by molar-refractivity contribution is 5.80. The van der Waals surface area contributed by atoms with Crippen LogP contribution in [0.25, 0.3) is 0 Å². The summed E-state index contributed by atoms with van der Waals surface area (Å²) < 4.78 is 29.1. The third-order valence-electron chi connectivity index (χ3n) is 14.5. The van der Waals surface area contributed by atoms with Crippen molar-refractivity contribution in [2.24, 2.45) is 23.5 Å². The van der Waals surface area contributed by atoms with Crippen molar-refractivity contribution in [2.45, 2.75) is 221 Å². The minimum atomic E-state index is -2.43. The lowest BCUT2D eigenvalue weighted by molar-refractivity contribution is -0.307. The van der Waals surface area contributed by atoms with E-state index in [2.05, 4.69) is 5.32 Å². The maximum Gasteiger partial charge on any atom is 0.308 e. The average molecular weight is 1080 g/mol.